The molecule has 1 unspecified atom stereocenters. The minimum atomic E-state index is 0.496. The van der Waals surface area contributed by atoms with Crippen LogP contribution in [0.2, 0.25) is 0 Å². The molecule has 0 saturated carbocycles. The molecule has 86 valence electrons. The Morgan fingerprint density at radius 1 is 1.50 bits per heavy atom. The van der Waals surface area contributed by atoms with Crippen molar-refractivity contribution < 1.29 is 0 Å². The molecule has 7 heteroatoms. The summed E-state index contributed by atoms with van der Waals surface area (Å²) in [6, 6.07) is 0. The zero-order chi connectivity index (χ0) is 11.5. The number of nitrogens with zero attached hydrogens (tertiary/aromatic N) is 6. The summed E-state index contributed by atoms with van der Waals surface area (Å²) in [6.45, 7) is 3.05. The van der Waals surface area contributed by atoms with Gasteiger partial charge in [-0.2, -0.15) is 4.52 Å². The van der Waals surface area contributed by atoms with Crippen molar-refractivity contribution in [3.63, 3.8) is 0 Å². The van der Waals surface area contributed by atoms with E-state index in [1.807, 2.05) is 7.05 Å². The Labute approximate surface area is 102 Å². The monoisotopic (exact) mass is 284 g/mol. The molecule has 0 aliphatic rings. The SMILES string of the molecule is CC(Br)CCN(C)c1cncc2nnnn12. The predicted molar refractivity (Wildman–Crippen MR) is 64.9 cm³/mol. The zero-order valence-electron chi connectivity index (χ0n) is 9.21. The summed E-state index contributed by atoms with van der Waals surface area (Å²) in [7, 11) is 2.01. The van der Waals surface area contributed by atoms with Crippen LogP contribution in [0.5, 0.6) is 0 Å². The van der Waals surface area contributed by atoms with Crippen LogP contribution in [0.15, 0.2) is 12.4 Å². The largest absolute Gasteiger partial charge is 0.358 e. The van der Waals surface area contributed by atoms with Gasteiger partial charge in [-0.05, 0) is 16.8 Å². The van der Waals surface area contributed by atoms with E-state index in [9.17, 15) is 0 Å². The van der Waals surface area contributed by atoms with Gasteiger partial charge in [-0.15, -0.1) is 5.10 Å². The highest BCUT2D eigenvalue weighted by Gasteiger charge is 2.09. The Hall–Kier alpha value is -1.24. The van der Waals surface area contributed by atoms with E-state index in [1.54, 1.807) is 16.9 Å². The van der Waals surface area contributed by atoms with Crippen molar-refractivity contribution >= 4 is 27.4 Å². The third-order valence-corrected chi connectivity index (χ3v) is 2.80. The van der Waals surface area contributed by atoms with Crippen LogP contribution in [0, 0.1) is 0 Å². The summed E-state index contributed by atoms with van der Waals surface area (Å²) in [4.78, 5) is 6.70. The Bertz CT molecular complexity index is 468. The van der Waals surface area contributed by atoms with E-state index in [-0.39, 0.29) is 0 Å². The quantitative estimate of drug-likeness (QED) is 0.788. The fraction of sp³-hybridized carbons (Fsp3) is 0.556. The van der Waals surface area contributed by atoms with Gasteiger partial charge in [-0.3, -0.25) is 4.98 Å². The summed E-state index contributed by atoms with van der Waals surface area (Å²) >= 11 is 3.53. The minimum absolute atomic E-state index is 0.496. The first kappa shape index (κ1) is 11.3. The lowest BCUT2D eigenvalue weighted by Crippen LogP contribution is -2.23. The molecule has 2 rings (SSSR count). The number of anilines is 1. The van der Waals surface area contributed by atoms with Gasteiger partial charge in [-0.1, -0.05) is 22.9 Å². The third kappa shape index (κ3) is 2.29. The molecule has 1 atom stereocenters. The van der Waals surface area contributed by atoms with E-state index in [0.717, 1.165) is 18.8 Å². The van der Waals surface area contributed by atoms with E-state index in [1.165, 1.54) is 0 Å². The number of rotatable bonds is 4. The smallest absolute Gasteiger partial charge is 0.199 e. The molecular formula is C9H13BrN6. The molecule has 2 aromatic heterocycles. The van der Waals surface area contributed by atoms with Gasteiger partial charge in [0.2, 0.25) is 0 Å². The molecule has 0 radical (unpaired) electrons. The van der Waals surface area contributed by atoms with Gasteiger partial charge in [0.15, 0.2) is 11.5 Å². The number of hydrogen-bond donors (Lipinski definition) is 0. The van der Waals surface area contributed by atoms with Crippen LogP contribution < -0.4 is 4.90 Å². The van der Waals surface area contributed by atoms with E-state index in [4.69, 9.17) is 0 Å². The van der Waals surface area contributed by atoms with Crippen LogP contribution in [0.3, 0.4) is 0 Å². The van der Waals surface area contributed by atoms with Crippen molar-refractivity contribution in [3.8, 4) is 0 Å². The van der Waals surface area contributed by atoms with E-state index >= 15 is 0 Å². The number of hydrogen-bond acceptors (Lipinski definition) is 5. The van der Waals surface area contributed by atoms with Gasteiger partial charge in [0.25, 0.3) is 0 Å². The lowest BCUT2D eigenvalue weighted by Gasteiger charge is -2.19. The molecule has 0 saturated heterocycles. The highest BCUT2D eigenvalue weighted by atomic mass is 79.9. The first-order chi connectivity index (χ1) is 7.68. The van der Waals surface area contributed by atoms with Crippen LogP contribution in [-0.2, 0) is 0 Å². The molecule has 2 heterocycles. The maximum absolute atomic E-state index is 4.12. The van der Waals surface area contributed by atoms with Crippen LogP contribution in [0.25, 0.3) is 5.65 Å². The van der Waals surface area contributed by atoms with Crippen LogP contribution in [0.1, 0.15) is 13.3 Å². The average Bonchev–Trinajstić information content (AvgIpc) is 2.73. The molecule has 0 spiro atoms. The van der Waals surface area contributed by atoms with Crippen LogP contribution >= 0.6 is 15.9 Å². The third-order valence-electron chi connectivity index (χ3n) is 2.34. The number of aromatic nitrogens is 5. The highest BCUT2D eigenvalue weighted by Crippen LogP contribution is 2.13. The first-order valence-corrected chi connectivity index (χ1v) is 5.97. The normalized spacial score (nSPS) is 12.9. The van der Waals surface area contributed by atoms with Crippen molar-refractivity contribution in [3.05, 3.63) is 12.4 Å². The first-order valence-electron chi connectivity index (χ1n) is 5.06. The van der Waals surface area contributed by atoms with E-state index in [0.29, 0.717) is 10.5 Å². The van der Waals surface area contributed by atoms with Crippen LogP contribution in [0.4, 0.5) is 5.82 Å². The maximum atomic E-state index is 4.12. The van der Waals surface area contributed by atoms with Gasteiger partial charge in [0.1, 0.15) is 0 Å². The molecule has 0 aliphatic heterocycles. The number of tetrazole rings is 1. The standard InChI is InChI=1S/C9H13BrN6/c1-7(10)3-4-15(2)9-6-11-5-8-12-13-14-16(8)9/h5-7H,3-4H2,1-2H3. The molecule has 0 aliphatic carbocycles. The van der Waals surface area contributed by atoms with Crippen molar-refractivity contribution in [2.45, 2.75) is 18.2 Å². The van der Waals surface area contributed by atoms with Crippen molar-refractivity contribution in [2.24, 2.45) is 0 Å². The van der Waals surface area contributed by atoms with Crippen LogP contribution in [-0.4, -0.2) is 43.4 Å². The van der Waals surface area contributed by atoms with Gasteiger partial charge < -0.3 is 4.90 Å². The lowest BCUT2D eigenvalue weighted by molar-refractivity contribution is 0.744. The lowest BCUT2D eigenvalue weighted by atomic mass is 10.3. The second-order valence-corrected chi connectivity index (χ2v) is 5.27. The van der Waals surface area contributed by atoms with Gasteiger partial charge in [-0.25, -0.2) is 0 Å². The fourth-order valence-corrected chi connectivity index (χ4v) is 1.61. The Balaban J connectivity index is 2.22. The Kier molecular flexibility index (Phi) is 3.33. The number of halogens is 1. The summed E-state index contributed by atoms with van der Waals surface area (Å²) in [6.07, 6.45) is 4.46. The molecule has 2 aromatic rings. The number of fused-ring (bicyclic) bond motifs is 1. The second kappa shape index (κ2) is 4.73. The molecular weight excluding hydrogens is 272 g/mol. The summed E-state index contributed by atoms with van der Waals surface area (Å²) in [5.41, 5.74) is 0.663. The summed E-state index contributed by atoms with van der Waals surface area (Å²) in [5, 5.41) is 11.4. The molecule has 0 fully saturated rings. The topological polar surface area (TPSA) is 59.2 Å². The van der Waals surface area contributed by atoms with Crippen molar-refractivity contribution in [2.75, 3.05) is 18.5 Å². The maximum Gasteiger partial charge on any atom is 0.199 e. The van der Waals surface area contributed by atoms with E-state index in [2.05, 4.69) is 48.3 Å². The molecule has 0 amide bonds. The highest BCUT2D eigenvalue weighted by molar-refractivity contribution is 9.09. The fourth-order valence-electron chi connectivity index (χ4n) is 1.41. The van der Waals surface area contributed by atoms with Crippen molar-refractivity contribution in [1.29, 1.82) is 0 Å². The molecule has 6 nitrogen and oxygen atoms in total. The molecule has 0 bridgehead atoms. The number of alkyl halides is 1. The second-order valence-electron chi connectivity index (χ2n) is 3.71. The zero-order valence-corrected chi connectivity index (χ0v) is 10.8. The predicted octanol–water partition coefficient (Wildman–Crippen LogP) is 1.13. The molecule has 16 heavy (non-hydrogen) atoms. The van der Waals surface area contributed by atoms with E-state index < -0.39 is 0 Å². The average molecular weight is 285 g/mol. The molecule has 0 N–H and O–H groups in total. The molecule has 0 aromatic carbocycles. The van der Waals surface area contributed by atoms with Crippen molar-refractivity contribution in [1.82, 2.24) is 25.0 Å². The summed E-state index contributed by atoms with van der Waals surface area (Å²) < 4.78 is 1.69. The Morgan fingerprint density at radius 3 is 3.06 bits per heavy atom. The van der Waals surface area contributed by atoms with Gasteiger partial charge in [0, 0.05) is 18.4 Å². The van der Waals surface area contributed by atoms with Gasteiger partial charge >= 0.3 is 0 Å². The minimum Gasteiger partial charge on any atom is -0.358 e. The summed E-state index contributed by atoms with van der Waals surface area (Å²) in [5.74, 6) is 0.899. The Morgan fingerprint density at radius 2 is 2.31 bits per heavy atom. The van der Waals surface area contributed by atoms with Gasteiger partial charge in [0.05, 0.1) is 12.4 Å².